The second-order valence-corrected chi connectivity index (χ2v) is 5.12. The van der Waals surface area contributed by atoms with Gasteiger partial charge in [-0.3, -0.25) is 9.59 Å². The monoisotopic (exact) mass is 322 g/mol. The summed E-state index contributed by atoms with van der Waals surface area (Å²) in [5, 5.41) is 3.89. The van der Waals surface area contributed by atoms with Crippen molar-refractivity contribution in [2.75, 3.05) is 12.4 Å². The second-order valence-electron chi connectivity index (χ2n) is 5.12. The topological polar surface area (TPSA) is 88.3 Å². The number of benzene rings is 2. The van der Waals surface area contributed by atoms with E-state index in [-0.39, 0.29) is 11.3 Å². The van der Waals surface area contributed by atoms with Gasteiger partial charge in [-0.2, -0.15) is 0 Å². The molecule has 2 aromatic carbocycles. The van der Waals surface area contributed by atoms with Crippen molar-refractivity contribution in [2.24, 2.45) is 0 Å². The maximum atomic E-state index is 12.3. The SMILES string of the molecule is COC(=O)c1ccc(NC(=O)c2cc3ccccc3c(=O)[nH]2)cc1. The van der Waals surface area contributed by atoms with Crippen LogP contribution in [0.15, 0.2) is 59.4 Å². The lowest BCUT2D eigenvalue weighted by molar-refractivity contribution is 0.0600. The summed E-state index contributed by atoms with van der Waals surface area (Å²) in [7, 11) is 1.30. The minimum Gasteiger partial charge on any atom is -0.465 e. The number of hydrogen-bond acceptors (Lipinski definition) is 4. The first-order valence-corrected chi connectivity index (χ1v) is 7.20. The summed E-state index contributed by atoms with van der Waals surface area (Å²) >= 11 is 0. The quantitative estimate of drug-likeness (QED) is 0.725. The number of pyridine rings is 1. The lowest BCUT2D eigenvalue weighted by atomic mass is 10.1. The van der Waals surface area contributed by atoms with E-state index in [9.17, 15) is 14.4 Å². The van der Waals surface area contributed by atoms with Gasteiger partial charge in [0.2, 0.25) is 0 Å². The molecule has 3 aromatic rings. The second kappa shape index (κ2) is 6.37. The van der Waals surface area contributed by atoms with Crippen LogP contribution in [0.3, 0.4) is 0 Å². The van der Waals surface area contributed by atoms with Gasteiger partial charge in [0.1, 0.15) is 5.69 Å². The Labute approximate surface area is 137 Å². The van der Waals surface area contributed by atoms with E-state index in [1.807, 2.05) is 0 Å². The number of amides is 1. The summed E-state index contributed by atoms with van der Waals surface area (Å²) in [6, 6.07) is 14.9. The third-order valence-corrected chi connectivity index (χ3v) is 3.56. The van der Waals surface area contributed by atoms with Crippen molar-refractivity contribution < 1.29 is 14.3 Å². The molecular formula is C18H14N2O4. The fourth-order valence-electron chi connectivity index (χ4n) is 2.34. The minimum atomic E-state index is -0.452. The fourth-order valence-corrected chi connectivity index (χ4v) is 2.34. The zero-order valence-corrected chi connectivity index (χ0v) is 12.8. The van der Waals surface area contributed by atoms with Gasteiger partial charge in [0.05, 0.1) is 12.7 Å². The molecule has 0 aliphatic heterocycles. The van der Waals surface area contributed by atoms with E-state index in [1.165, 1.54) is 7.11 Å². The first-order valence-electron chi connectivity index (χ1n) is 7.20. The van der Waals surface area contributed by atoms with E-state index in [0.717, 1.165) is 0 Å². The van der Waals surface area contributed by atoms with Gasteiger partial charge in [0, 0.05) is 11.1 Å². The number of nitrogens with one attached hydrogen (secondary N) is 2. The number of anilines is 1. The first kappa shape index (κ1) is 15.5. The number of aromatic amines is 1. The van der Waals surface area contributed by atoms with E-state index < -0.39 is 11.9 Å². The van der Waals surface area contributed by atoms with Crippen LogP contribution in [0.4, 0.5) is 5.69 Å². The highest BCUT2D eigenvalue weighted by molar-refractivity contribution is 6.05. The zero-order chi connectivity index (χ0) is 17.1. The van der Waals surface area contributed by atoms with E-state index in [1.54, 1.807) is 54.6 Å². The lowest BCUT2D eigenvalue weighted by Gasteiger charge is -2.07. The highest BCUT2D eigenvalue weighted by Crippen LogP contribution is 2.13. The molecule has 0 saturated carbocycles. The molecule has 0 aliphatic rings. The van der Waals surface area contributed by atoms with Crippen LogP contribution in [-0.2, 0) is 4.74 Å². The largest absolute Gasteiger partial charge is 0.465 e. The molecule has 1 heterocycles. The fraction of sp³-hybridized carbons (Fsp3) is 0.0556. The van der Waals surface area contributed by atoms with Crippen LogP contribution in [-0.4, -0.2) is 24.0 Å². The third kappa shape index (κ3) is 3.03. The normalized spacial score (nSPS) is 10.4. The van der Waals surface area contributed by atoms with Crippen LogP contribution in [0, 0.1) is 0 Å². The molecule has 6 nitrogen and oxygen atoms in total. The standard InChI is InChI=1S/C18H14N2O4/c1-24-18(23)11-6-8-13(9-7-11)19-17(22)15-10-12-4-2-3-5-14(12)16(21)20-15/h2-10H,1H3,(H,19,22)(H,20,21). The molecule has 0 atom stereocenters. The number of aromatic nitrogens is 1. The molecule has 0 spiro atoms. The van der Waals surface area contributed by atoms with Gasteiger partial charge in [-0.1, -0.05) is 18.2 Å². The van der Waals surface area contributed by atoms with E-state index >= 15 is 0 Å². The molecular weight excluding hydrogens is 308 g/mol. The Morgan fingerprint density at radius 3 is 2.46 bits per heavy atom. The number of esters is 1. The Balaban J connectivity index is 1.85. The molecule has 2 N–H and O–H groups in total. The maximum absolute atomic E-state index is 12.3. The number of carbonyl (C=O) groups excluding carboxylic acids is 2. The first-order chi connectivity index (χ1) is 11.6. The van der Waals surface area contributed by atoms with Crippen LogP contribution in [0.5, 0.6) is 0 Å². The average molecular weight is 322 g/mol. The van der Waals surface area contributed by atoms with Crippen LogP contribution >= 0.6 is 0 Å². The molecule has 1 aromatic heterocycles. The molecule has 0 radical (unpaired) electrons. The highest BCUT2D eigenvalue weighted by Gasteiger charge is 2.10. The van der Waals surface area contributed by atoms with Crippen molar-refractivity contribution in [3.8, 4) is 0 Å². The van der Waals surface area contributed by atoms with Crippen molar-refractivity contribution in [1.29, 1.82) is 0 Å². The summed E-state index contributed by atoms with van der Waals surface area (Å²) in [5.74, 6) is -0.893. The Hall–Kier alpha value is -3.41. The van der Waals surface area contributed by atoms with Gasteiger partial charge >= 0.3 is 5.97 Å². The number of ether oxygens (including phenoxy) is 1. The van der Waals surface area contributed by atoms with E-state index in [4.69, 9.17) is 0 Å². The summed E-state index contributed by atoms with van der Waals surface area (Å²) in [5.41, 5.74) is 0.728. The number of rotatable bonds is 3. The summed E-state index contributed by atoms with van der Waals surface area (Å²) in [4.78, 5) is 38.3. The van der Waals surface area contributed by atoms with Crippen molar-refractivity contribution in [2.45, 2.75) is 0 Å². The van der Waals surface area contributed by atoms with E-state index in [2.05, 4.69) is 15.0 Å². The molecule has 0 aliphatic carbocycles. The summed E-state index contributed by atoms with van der Waals surface area (Å²) in [6.45, 7) is 0. The van der Waals surface area contributed by atoms with Gasteiger partial charge in [-0.05, 0) is 41.8 Å². The van der Waals surface area contributed by atoms with Crippen molar-refractivity contribution >= 4 is 28.3 Å². The highest BCUT2D eigenvalue weighted by atomic mass is 16.5. The molecule has 120 valence electrons. The zero-order valence-electron chi connectivity index (χ0n) is 12.8. The van der Waals surface area contributed by atoms with Gasteiger partial charge in [-0.25, -0.2) is 4.79 Å². The van der Waals surface area contributed by atoms with E-state index in [0.29, 0.717) is 22.0 Å². The number of carbonyl (C=O) groups is 2. The van der Waals surface area contributed by atoms with Crippen molar-refractivity contribution in [3.63, 3.8) is 0 Å². The molecule has 3 rings (SSSR count). The molecule has 24 heavy (non-hydrogen) atoms. The smallest absolute Gasteiger partial charge is 0.337 e. The van der Waals surface area contributed by atoms with Crippen LogP contribution in [0.25, 0.3) is 10.8 Å². The van der Waals surface area contributed by atoms with Crippen LogP contribution in [0.2, 0.25) is 0 Å². The van der Waals surface area contributed by atoms with Crippen molar-refractivity contribution in [1.82, 2.24) is 4.98 Å². The number of hydrogen-bond donors (Lipinski definition) is 2. The lowest BCUT2D eigenvalue weighted by Crippen LogP contribution is -2.19. The van der Waals surface area contributed by atoms with Gasteiger partial charge < -0.3 is 15.0 Å². The molecule has 0 unspecified atom stereocenters. The number of H-pyrrole nitrogens is 1. The van der Waals surface area contributed by atoms with Gasteiger partial charge in [0.25, 0.3) is 11.5 Å². The Bertz CT molecular complexity index is 974. The number of fused-ring (bicyclic) bond motifs is 1. The van der Waals surface area contributed by atoms with Crippen LogP contribution < -0.4 is 10.9 Å². The predicted molar refractivity (Wildman–Crippen MR) is 90.3 cm³/mol. The Morgan fingerprint density at radius 2 is 1.75 bits per heavy atom. The molecule has 0 fully saturated rings. The molecule has 0 bridgehead atoms. The minimum absolute atomic E-state index is 0.163. The third-order valence-electron chi connectivity index (χ3n) is 3.56. The molecule has 0 saturated heterocycles. The summed E-state index contributed by atoms with van der Waals surface area (Å²) in [6.07, 6.45) is 0. The molecule has 6 heteroatoms. The number of methoxy groups -OCH3 is 1. The Kier molecular flexibility index (Phi) is 4.11. The van der Waals surface area contributed by atoms with Crippen LogP contribution in [0.1, 0.15) is 20.8 Å². The predicted octanol–water partition coefficient (Wildman–Crippen LogP) is 2.57. The average Bonchev–Trinajstić information content (AvgIpc) is 2.61. The maximum Gasteiger partial charge on any atom is 0.337 e. The Morgan fingerprint density at radius 1 is 1.04 bits per heavy atom. The molecule has 1 amide bonds. The van der Waals surface area contributed by atoms with Gasteiger partial charge in [0.15, 0.2) is 0 Å². The van der Waals surface area contributed by atoms with Crippen molar-refractivity contribution in [3.05, 3.63) is 76.2 Å². The summed E-state index contributed by atoms with van der Waals surface area (Å²) < 4.78 is 4.61. The van der Waals surface area contributed by atoms with Gasteiger partial charge in [-0.15, -0.1) is 0 Å².